The lowest BCUT2D eigenvalue weighted by Crippen LogP contribution is -2.33. The zero-order chi connectivity index (χ0) is 17.4. The molecule has 0 aromatic carbocycles. The van der Waals surface area contributed by atoms with Crippen LogP contribution in [0.2, 0.25) is 0 Å². The standard InChI is InChI=1S/C17H15F3N4O.ClH/c18-17(19,20)11-4-5-16-22-8-14(24(16)10-11)12-2-1-3-13(23-12)15-9-21-6-7-25-15;/h1-5,8,10,15,21H,6-7,9H2;1H. The molecule has 3 aromatic rings. The van der Waals surface area contributed by atoms with Gasteiger partial charge in [-0.05, 0) is 24.3 Å². The lowest BCUT2D eigenvalue weighted by Gasteiger charge is -2.23. The second kappa shape index (κ2) is 7.22. The van der Waals surface area contributed by atoms with Crippen molar-refractivity contribution in [1.29, 1.82) is 0 Å². The molecule has 1 fully saturated rings. The number of fused-ring (bicyclic) bond motifs is 1. The number of imidazole rings is 1. The predicted molar refractivity (Wildman–Crippen MR) is 92.2 cm³/mol. The van der Waals surface area contributed by atoms with Gasteiger partial charge in [0.25, 0.3) is 0 Å². The van der Waals surface area contributed by atoms with Gasteiger partial charge < -0.3 is 10.1 Å². The first-order chi connectivity index (χ1) is 12.0. The summed E-state index contributed by atoms with van der Waals surface area (Å²) in [4.78, 5) is 8.75. The van der Waals surface area contributed by atoms with Gasteiger partial charge in [0.05, 0.1) is 35.4 Å². The van der Waals surface area contributed by atoms with E-state index in [1.807, 2.05) is 12.1 Å². The molecular weight excluding hydrogens is 369 g/mol. The SMILES string of the molecule is Cl.FC(F)(F)c1ccc2ncc(-c3cccc(C4CNCCO4)n3)n2c1. The maximum atomic E-state index is 13.0. The molecule has 0 amide bonds. The van der Waals surface area contributed by atoms with Crippen LogP contribution in [0.4, 0.5) is 13.2 Å². The third-order valence-corrected chi connectivity index (χ3v) is 4.12. The Morgan fingerprint density at radius 2 is 2.04 bits per heavy atom. The first-order valence-electron chi connectivity index (χ1n) is 7.86. The van der Waals surface area contributed by atoms with E-state index in [2.05, 4.69) is 15.3 Å². The van der Waals surface area contributed by atoms with E-state index < -0.39 is 11.7 Å². The minimum atomic E-state index is -4.41. The zero-order valence-corrected chi connectivity index (χ0v) is 14.3. The van der Waals surface area contributed by atoms with Gasteiger partial charge >= 0.3 is 6.18 Å². The molecule has 0 saturated carbocycles. The number of aromatic nitrogens is 3. The highest BCUT2D eigenvalue weighted by atomic mass is 35.5. The normalized spacial score (nSPS) is 17.9. The molecule has 9 heteroatoms. The van der Waals surface area contributed by atoms with E-state index in [1.165, 1.54) is 16.7 Å². The number of halogens is 4. The van der Waals surface area contributed by atoms with Crippen LogP contribution in [0.15, 0.2) is 42.7 Å². The number of alkyl halides is 3. The molecule has 26 heavy (non-hydrogen) atoms. The molecule has 4 heterocycles. The molecule has 1 saturated heterocycles. The van der Waals surface area contributed by atoms with Crippen molar-refractivity contribution in [2.75, 3.05) is 19.7 Å². The molecule has 3 aromatic heterocycles. The number of ether oxygens (including phenoxy) is 1. The van der Waals surface area contributed by atoms with Crippen molar-refractivity contribution < 1.29 is 17.9 Å². The summed E-state index contributed by atoms with van der Waals surface area (Å²) in [5, 5.41) is 3.23. The average Bonchev–Trinajstić information content (AvgIpc) is 3.05. The van der Waals surface area contributed by atoms with Crippen molar-refractivity contribution >= 4 is 18.1 Å². The van der Waals surface area contributed by atoms with Crippen molar-refractivity contribution in [3.63, 3.8) is 0 Å². The van der Waals surface area contributed by atoms with E-state index in [0.29, 0.717) is 30.2 Å². The van der Waals surface area contributed by atoms with Crippen LogP contribution >= 0.6 is 12.4 Å². The third-order valence-electron chi connectivity index (χ3n) is 4.12. The Morgan fingerprint density at radius 1 is 1.19 bits per heavy atom. The molecule has 4 rings (SSSR count). The number of hydrogen-bond acceptors (Lipinski definition) is 4. The maximum absolute atomic E-state index is 13.0. The highest BCUT2D eigenvalue weighted by Crippen LogP contribution is 2.30. The van der Waals surface area contributed by atoms with Gasteiger partial charge in [-0.1, -0.05) is 6.07 Å². The lowest BCUT2D eigenvalue weighted by atomic mass is 10.1. The van der Waals surface area contributed by atoms with E-state index >= 15 is 0 Å². The second-order valence-corrected chi connectivity index (χ2v) is 5.80. The number of morpholine rings is 1. The summed E-state index contributed by atoms with van der Waals surface area (Å²) in [7, 11) is 0. The molecule has 1 atom stereocenters. The van der Waals surface area contributed by atoms with Crippen LogP contribution in [0.25, 0.3) is 17.0 Å². The minimum Gasteiger partial charge on any atom is -0.369 e. The first-order valence-corrected chi connectivity index (χ1v) is 7.86. The first kappa shape index (κ1) is 18.6. The zero-order valence-electron chi connectivity index (χ0n) is 13.5. The van der Waals surface area contributed by atoms with Crippen molar-refractivity contribution in [3.8, 4) is 11.4 Å². The summed E-state index contributed by atoms with van der Waals surface area (Å²) in [6.45, 7) is 2.05. The van der Waals surface area contributed by atoms with Crippen molar-refractivity contribution in [3.05, 3.63) is 54.0 Å². The Labute approximate surface area is 153 Å². The molecular formula is C17H16ClF3N4O. The molecule has 138 valence electrons. The van der Waals surface area contributed by atoms with Crippen molar-refractivity contribution in [1.82, 2.24) is 19.7 Å². The van der Waals surface area contributed by atoms with Gasteiger partial charge in [0.15, 0.2) is 0 Å². The minimum absolute atomic E-state index is 0. The monoisotopic (exact) mass is 384 g/mol. The summed E-state index contributed by atoms with van der Waals surface area (Å²) in [5.41, 5.74) is 1.51. The van der Waals surface area contributed by atoms with Crippen molar-refractivity contribution in [2.45, 2.75) is 12.3 Å². The second-order valence-electron chi connectivity index (χ2n) is 5.80. The fourth-order valence-corrected chi connectivity index (χ4v) is 2.87. The van der Waals surface area contributed by atoms with Crippen LogP contribution in [0.5, 0.6) is 0 Å². The number of nitrogens with one attached hydrogen (secondary N) is 1. The number of pyridine rings is 2. The Morgan fingerprint density at radius 3 is 2.77 bits per heavy atom. The van der Waals surface area contributed by atoms with Crippen LogP contribution in [0.1, 0.15) is 17.4 Å². The summed E-state index contributed by atoms with van der Waals surface area (Å²) in [5.74, 6) is 0. The van der Waals surface area contributed by atoms with Crippen LogP contribution in [-0.4, -0.2) is 34.1 Å². The summed E-state index contributed by atoms with van der Waals surface area (Å²) < 4.78 is 46.1. The Balaban J connectivity index is 0.00000196. The van der Waals surface area contributed by atoms with Gasteiger partial charge in [-0.3, -0.25) is 4.40 Å². The molecule has 1 aliphatic rings. The molecule has 0 spiro atoms. The van der Waals surface area contributed by atoms with Gasteiger partial charge in [-0.2, -0.15) is 13.2 Å². The molecule has 1 unspecified atom stereocenters. The van der Waals surface area contributed by atoms with Crippen LogP contribution < -0.4 is 5.32 Å². The molecule has 1 aliphatic heterocycles. The fourth-order valence-electron chi connectivity index (χ4n) is 2.87. The number of nitrogens with zero attached hydrogens (tertiary/aromatic N) is 3. The Kier molecular flexibility index (Phi) is 5.17. The van der Waals surface area contributed by atoms with Crippen LogP contribution in [0, 0.1) is 0 Å². The number of rotatable bonds is 2. The third kappa shape index (κ3) is 3.53. The molecule has 5 nitrogen and oxygen atoms in total. The van der Waals surface area contributed by atoms with Gasteiger partial charge in [0, 0.05) is 19.3 Å². The highest BCUT2D eigenvalue weighted by Gasteiger charge is 2.31. The Bertz CT molecular complexity index is 906. The predicted octanol–water partition coefficient (Wildman–Crippen LogP) is 3.50. The summed E-state index contributed by atoms with van der Waals surface area (Å²) in [6.07, 6.45) is -2.00. The van der Waals surface area contributed by atoms with Crippen LogP contribution in [0.3, 0.4) is 0 Å². The highest BCUT2D eigenvalue weighted by molar-refractivity contribution is 5.85. The van der Waals surface area contributed by atoms with E-state index in [9.17, 15) is 13.2 Å². The Hall–Kier alpha value is -2.16. The van der Waals surface area contributed by atoms with E-state index in [0.717, 1.165) is 24.5 Å². The fraction of sp³-hybridized carbons (Fsp3) is 0.294. The topological polar surface area (TPSA) is 51.5 Å². The smallest absolute Gasteiger partial charge is 0.369 e. The average molecular weight is 385 g/mol. The molecule has 0 radical (unpaired) electrons. The lowest BCUT2D eigenvalue weighted by molar-refractivity contribution is -0.137. The summed E-state index contributed by atoms with van der Waals surface area (Å²) >= 11 is 0. The van der Waals surface area contributed by atoms with Gasteiger partial charge in [-0.25, -0.2) is 9.97 Å². The largest absolute Gasteiger partial charge is 0.417 e. The van der Waals surface area contributed by atoms with Crippen molar-refractivity contribution in [2.24, 2.45) is 0 Å². The molecule has 0 bridgehead atoms. The van der Waals surface area contributed by atoms with Gasteiger partial charge in [0.1, 0.15) is 11.8 Å². The van der Waals surface area contributed by atoms with Gasteiger partial charge in [-0.15, -0.1) is 12.4 Å². The quantitative estimate of drug-likeness (QED) is 0.734. The van der Waals surface area contributed by atoms with E-state index in [1.54, 1.807) is 6.07 Å². The molecule has 0 aliphatic carbocycles. The molecule has 1 N–H and O–H groups in total. The van der Waals surface area contributed by atoms with E-state index in [-0.39, 0.29) is 18.5 Å². The van der Waals surface area contributed by atoms with E-state index in [4.69, 9.17) is 4.74 Å². The van der Waals surface area contributed by atoms with Crippen LogP contribution in [-0.2, 0) is 10.9 Å². The maximum Gasteiger partial charge on any atom is 0.417 e. The van der Waals surface area contributed by atoms with Gasteiger partial charge in [0.2, 0.25) is 0 Å². The number of hydrogen-bond donors (Lipinski definition) is 1. The summed E-state index contributed by atoms with van der Waals surface area (Å²) in [6, 6.07) is 7.81.